The normalized spacial score (nSPS) is 18.9. The van der Waals surface area contributed by atoms with Gasteiger partial charge in [0.05, 0.1) is 29.6 Å². The van der Waals surface area contributed by atoms with Crippen molar-refractivity contribution in [1.29, 1.82) is 0 Å². The smallest absolute Gasteiger partial charge is 0.416 e. The first-order valence-electron chi connectivity index (χ1n) is 17.0. The molecular formula is C40H40F3N3O4. The van der Waals surface area contributed by atoms with Crippen molar-refractivity contribution in [3.05, 3.63) is 125 Å². The minimum Gasteiger partial charge on any atom is -0.457 e. The van der Waals surface area contributed by atoms with Gasteiger partial charge in [-0.15, -0.1) is 0 Å². The highest BCUT2D eigenvalue weighted by molar-refractivity contribution is 6.26. The summed E-state index contributed by atoms with van der Waals surface area (Å²) in [5.74, 6) is -1.07. The Morgan fingerprint density at radius 3 is 2.34 bits per heavy atom. The highest BCUT2D eigenvalue weighted by atomic mass is 19.4. The van der Waals surface area contributed by atoms with E-state index in [1.54, 1.807) is 42.5 Å². The van der Waals surface area contributed by atoms with Crippen molar-refractivity contribution < 1.29 is 32.6 Å². The molecule has 4 aromatic carbocycles. The van der Waals surface area contributed by atoms with E-state index in [4.69, 9.17) is 15.5 Å². The van der Waals surface area contributed by atoms with E-state index in [1.165, 1.54) is 17.0 Å². The van der Waals surface area contributed by atoms with E-state index in [1.807, 2.05) is 43.3 Å². The van der Waals surface area contributed by atoms with Crippen molar-refractivity contribution in [3.63, 3.8) is 0 Å². The van der Waals surface area contributed by atoms with Crippen molar-refractivity contribution in [3.8, 4) is 11.5 Å². The first-order chi connectivity index (χ1) is 24.0. The summed E-state index contributed by atoms with van der Waals surface area (Å²) in [5, 5.41) is 11.3. The number of nitrogens with two attached hydrogens (primary N) is 1. The number of benzodiazepines with no additional fused rings is 1. The van der Waals surface area contributed by atoms with Gasteiger partial charge in [-0.2, -0.15) is 13.2 Å². The number of carbonyl (C=O) groups excluding carboxylic acids is 2. The summed E-state index contributed by atoms with van der Waals surface area (Å²) >= 11 is 0. The van der Waals surface area contributed by atoms with Gasteiger partial charge < -0.3 is 14.7 Å². The molecule has 0 spiro atoms. The monoisotopic (exact) mass is 683 g/mol. The van der Waals surface area contributed by atoms with Crippen LogP contribution in [0.15, 0.2) is 108 Å². The van der Waals surface area contributed by atoms with Crippen molar-refractivity contribution in [2.45, 2.75) is 69.9 Å². The molecule has 260 valence electrons. The van der Waals surface area contributed by atoms with Gasteiger partial charge in [0.15, 0.2) is 5.78 Å². The second-order valence-corrected chi connectivity index (χ2v) is 13.1. The maximum atomic E-state index is 14.9. The number of ketones is 1. The molecule has 0 saturated heterocycles. The minimum atomic E-state index is -4.56. The number of para-hydroxylation sites is 2. The number of amides is 1. The van der Waals surface area contributed by atoms with Gasteiger partial charge in [0.25, 0.3) is 5.91 Å². The second kappa shape index (κ2) is 14.6. The number of anilines is 1. The molecule has 1 amide bonds. The van der Waals surface area contributed by atoms with Gasteiger partial charge in [-0.05, 0) is 66.8 Å². The molecule has 1 unspecified atom stereocenters. The lowest BCUT2D eigenvalue weighted by atomic mass is 9.82. The molecule has 2 aliphatic rings. The number of fused-ring (bicyclic) bond motifs is 1. The van der Waals surface area contributed by atoms with Gasteiger partial charge in [-0.1, -0.05) is 93.3 Å². The van der Waals surface area contributed by atoms with Crippen LogP contribution in [0.2, 0.25) is 0 Å². The lowest BCUT2D eigenvalue weighted by Gasteiger charge is -2.33. The zero-order valence-electron chi connectivity index (χ0n) is 27.8. The van der Waals surface area contributed by atoms with Crippen LogP contribution in [0.4, 0.5) is 18.9 Å². The molecule has 1 heterocycles. The Bertz CT molecular complexity index is 1860. The van der Waals surface area contributed by atoms with Crippen LogP contribution in [0.5, 0.6) is 11.5 Å². The third-order valence-electron chi connectivity index (χ3n) is 9.33. The number of nitrogens with zero attached hydrogens (tertiary/aromatic N) is 2. The number of carbonyl (C=O) groups is 2. The van der Waals surface area contributed by atoms with Gasteiger partial charge >= 0.3 is 6.18 Å². The molecular weight excluding hydrogens is 643 g/mol. The molecule has 1 fully saturated rings. The molecule has 3 N–H and O–H groups in total. The Balaban J connectivity index is 1.46. The molecule has 4 aromatic rings. The Labute approximate surface area is 289 Å². The molecule has 0 aromatic heterocycles. The van der Waals surface area contributed by atoms with Crippen LogP contribution < -0.4 is 15.4 Å². The maximum Gasteiger partial charge on any atom is 0.416 e. The van der Waals surface area contributed by atoms with Crippen LogP contribution in [0.1, 0.15) is 67.7 Å². The number of ether oxygens (including phenoxy) is 1. The van der Waals surface area contributed by atoms with Gasteiger partial charge in [0.1, 0.15) is 11.5 Å². The van der Waals surface area contributed by atoms with Gasteiger partial charge in [0.2, 0.25) is 5.66 Å². The molecule has 1 aliphatic carbocycles. The van der Waals surface area contributed by atoms with E-state index in [2.05, 4.69) is 0 Å². The van der Waals surface area contributed by atoms with Crippen molar-refractivity contribution in [2.24, 2.45) is 22.6 Å². The fourth-order valence-corrected chi connectivity index (χ4v) is 6.43. The molecule has 10 heteroatoms. The van der Waals surface area contributed by atoms with E-state index >= 15 is 0 Å². The first-order valence-corrected chi connectivity index (χ1v) is 17.0. The number of Topliss-reactive ketones (excluding diaryl/α,β-unsaturated/α-hetero) is 1. The Hall–Kier alpha value is -4.80. The number of halogens is 3. The zero-order valence-corrected chi connectivity index (χ0v) is 27.8. The topological polar surface area (TPSA) is 105 Å². The number of hydrogen-bond donors (Lipinski definition) is 2. The van der Waals surface area contributed by atoms with Crippen molar-refractivity contribution >= 4 is 23.1 Å². The number of aliphatic hydroxyl groups is 1. The van der Waals surface area contributed by atoms with Crippen LogP contribution in [-0.2, 0) is 22.3 Å². The van der Waals surface area contributed by atoms with Gasteiger partial charge in [-0.3, -0.25) is 15.3 Å². The Morgan fingerprint density at radius 2 is 1.66 bits per heavy atom. The fraction of sp³-hybridized carbons (Fsp3) is 0.325. The van der Waals surface area contributed by atoms with E-state index in [0.717, 1.165) is 31.4 Å². The van der Waals surface area contributed by atoms with Gasteiger partial charge in [0, 0.05) is 17.0 Å². The number of aliphatic hydroxyl groups excluding tert-OH is 1. The average molecular weight is 684 g/mol. The van der Waals surface area contributed by atoms with E-state index in [-0.39, 0.29) is 23.7 Å². The van der Waals surface area contributed by atoms with Crippen LogP contribution in [-0.4, -0.2) is 34.3 Å². The molecule has 6 rings (SSSR count). The molecule has 1 saturated carbocycles. The summed E-state index contributed by atoms with van der Waals surface area (Å²) in [6.45, 7) is 1.97. The summed E-state index contributed by atoms with van der Waals surface area (Å²) < 4.78 is 46.7. The molecule has 0 radical (unpaired) electrons. The highest BCUT2D eigenvalue weighted by Crippen LogP contribution is 2.40. The van der Waals surface area contributed by atoms with Gasteiger partial charge in [-0.25, -0.2) is 4.99 Å². The number of unbranched alkanes of at least 4 members (excludes halogenated alkanes) is 1. The van der Waals surface area contributed by atoms with Crippen LogP contribution >= 0.6 is 0 Å². The molecule has 3 atom stereocenters. The average Bonchev–Trinajstić information content (AvgIpc) is 3.95. The Kier molecular flexibility index (Phi) is 10.2. The Morgan fingerprint density at radius 1 is 0.980 bits per heavy atom. The first kappa shape index (κ1) is 35.0. The fourth-order valence-electron chi connectivity index (χ4n) is 6.43. The molecule has 7 nitrogen and oxygen atoms in total. The van der Waals surface area contributed by atoms with Crippen molar-refractivity contribution in [1.82, 2.24) is 0 Å². The summed E-state index contributed by atoms with van der Waals surface area (Å²) in [6, 6.07) is 27.7. The number of benzene rings is 4. The third kappa shape index (κ3) is 7.66. The standard InChI is InChI=1S/C40H40F3N3O4/c1-2-3-16-35(47)33(24-26-17-18-26)37(48)39(44)38(49)46(25-27-10-9-13-31(23-27)50-30-11-5-4-6-12-30)34-15-8-7-14-32(34)36(45-39)28-19-21-29(22-20-28)40(41,42)43/h4-15,19-23,26,33,35,47H,2-3,16-18,24-25,44H2,1H3/t33-,35+,39?/m1/s1. The lowest BCUT2D eigenvalue weighted by molar-refractivity contribution is -0.140. The summed E-state index contributed by atoms with van der Waals surface area (Å²) in [7, 11) is 0. The summed E-state index contributed by atoms with van der Waals surface area (Å²) in [6.07, 6.45) is -1.56. The predicted octanol–water partition coefficient (Wildman–Crippen LogP) is 8.07. The molecule has 1 aliphatic heterocycles. The van der Waals surface area contributed by atoms with Crippen molar-refractivity contribution in [2.75, 3.05) is 4.90 Å². The lowest BCUT2D eigenvalue weighted by Crippen LogP contribution is -2.62. The quantitative estimate of drug-likeness (QED) is 0.139. The van der Waals surface area contributed by atoms with Crippen LogP contribution in [0.25, 0.3) is 0 Å². The summed E-state index contributed by atoms with van der Waals surface area (Å²) in [4.78, 5) is 35.7. The van der Waals surface area contributed by atoms with Crippen LogP contribution in [0.3, 0.4) is 0 Å². The van der Waals surface area contributed by atoms with E-state index in [0.29, 0.717) is 47.6 Å². The number of aliphatic imine (C=N–C) groups is 1. The SMILES string of the molecule is CCCC[C@H](O)[C@@H](CC1CC1)C(=O)C1(N)N=C(c2ccc(C(F)(F)F)cc2)c2ccccc2N(Cc2cccc(Oc3ccccc3)c2)C1=O. The number of alkyl halides is 3. The molecule has 50 heavy (non-hydrogen) atoms. The molecule has 0 bridgehead atoms. The predicted molar refractivity (Wildman–Crippen MR) is 186 cm³/mol. The van der Waals surface area contributed by atoms with Crippen LogP contribution in [0, 0.1) is 11.8 Å². The highest BCUT2D eigenvalue weighted by Gasteiger charge is 2.52. The zero-order chi connectivity index (χ0) is 35.5. The second-order valence-electron chi connectivity index (χ2n) is 13.1. The minimum absolute atomic E-state index is 0.0183. The third-order valence-corrected chi connectivity index (χ3v) is 9.33. The van der Waals surface area contributed by atoms with E-state index < -0.39 is 41.1 Å². The largest absolute Gasteiger partial charge is 0.457 e. The maximum absolute atomic E-state index is 14.9. The summed E-state index contributed by atoms with van der Waals surface area (Å²) in [5.41, 5.74) is 5.45. The number of rotatable bonds is 13. The van der Waals surface area contributed by atoms with E-state index in [9.17, 15) is 27.9 Å². The number of hydrogen-bond acceptors (Lipinski definition) is 6.